The van der Waals surface area contributed by atoms with Gasteiger partial charge < -0.3 is 19.5 Å². The first kappa shape index (κ1) is 26.1. The van der Waals surface area contributed by atoms with Gasteiger partial charge in [0.25, 0.3) is 0 Å². The molecule has 8 heteroatoms. The average molecular weight is 436 g/mol. The topological polar surface area (TPSA) is 108 Å². The number of carbonyl (C=O) groups excluding carboxylic acids is 4. The number of ether oxygens (including phenoxy) is 3. The second-order valence-electron chi connectivity index (χ2n) is 9.07. The maximum absolute atomic E-state index is 12.4. The Morgan fingerprint density at radius 1 is 0.839 bits per heavy atom. The SMILES string of the molecule is CC(C)(C)OC(=O)C(NC(=O)CCCC(=O)OCc1ccccc1)C(=O)OC(C)(C)C. The molecular formula is C23H33NO7. The minimum absolute atomic E-state index is 0.0315. The number of carbonyl (C=O) groups is 4. The van der Waals surface area contributed by atoms with Crippen molar-refractivity contribution in [1.29, 1.82) is 0 Å². The molecule has 0 aliphatic rings. The van der Waals surface area contributed by atoms with Crippen molar-refractivity contribution in [2.75, 3.05) is 0 Å². The van der Waals surface area contributed by atoms with E-state index in [1.165, 1.54) is 0 Å². The third-order valence-corrected chi connectivity index (χ3v) is 3.62. The highest BCUT2D eigenvalue weighted by atomic mass is 16.6. The summed E-state index contributed by atoms with van der Waals surface area (Å²) in [6.45, 7) is 10.1. The summed E-state index contributed by atoms with van der Waals surface area (Å²) in [7, 11) is 0. The van der Waals surface area contributed by atoms with Gasteiger partial charge in [0.1, 0.15) is 17.8 Å². The van der Waals surface area contributed by atoms with Crippen LogP contribution in [0.3, 0.4) is 0 Å². The van der Waals surface area contributed by atoms with Gasteiger partial charge in [-0.2, -0.15) is 0 Å². The number of hydrogen-bond donors (Lipinski definition) is 1. The molecule has 8 nitrogen and oxygen atoms in total. The Bertz CT molecular complexity index is 732. The first-order chi connectivity index (χ1) is 14.3. The molecule has 0 saturated heterocycles. The van der Waals surface area contributed by atoms with Crippen LogP contribution in [0.25, 0.3) is 0 Å². The maximum atomic E-state index is 12.4. The highest BCUT2D eigenvalue weighted by Gasteiger charge is 2.36. The maximum Gasteiger partial charge on any atom is 0.340 e. The van der Waals surface area contributed by atoms with E-state index in [9.17, 15) is 19.2 Å². The number of benzene rings is 1. The third-order valence-electron chi connectivity index (χ3n) is 3.62. The molecule has 0 spiro atoms. The van der Waals surface area contributed by atoms with Gasteiger partial charge in [0, 0.05) is 12.8 Å². The zero-order valence-electron chi connectivity index (χ0n) is 19.2. The van der Waals surface area contributed by atoms with Crippen molar-refractivity contribution in [1.82, 2.24) is 5.32 Å². The predicted octanol–water partition coefficient (Wildman–Crippen LogP) is 3.07. The number of nitrogens with one attached hydrogen (secondary N) is 1. The van der Waals surface area contributed by atoms with Gasteiger partial charge in [-0.15, -0.1) is 0 Å². The standard InChI is InChI=1S/C23H33NO7/c1-22(2,3)30-20(27)19(21(28)31-23(4,5)6)24-17(25)13-10-14-18(26)29-15-16-11-8-7-9-12-16/h7-9,11-12,19H,10,13-15H2,1-6H3,(H,24,25). The van der Waals surface area contributed by atoms with Gasteiger partial charge in [0.15, 0.2) is 0 Å². The minimum Gasteiger partial charge on any atom is -0.461 e. The van der Waals surface area contributed by atoms with E-state index >= 15 is 0 Å². The molecule has 0 atom stereocenters. The van der Waals surface area contributed by atoms with Crippen LogP contribution in [0.15, 0.2) is 30.3 Å². The average Bonchev–Trinajstić information content (AvgIpc) is 2.62. The van der Waals surface area contributed by atoms with E-state index in [4.69, 9.17) is 14.2 Å². The van der Waals surface area contributed by atoms with E-state index in [1.807, 2.05) is 30.3 Å². The van der Waals surface area contributed by atoms with Crippen molar-refractivity contribution in [3.8, 4) is 0 Å². The van der Waals surface area contributed by atoms with Crippen LogP contribution in [-0.4, -0.2) is 41.1 Å². The molecular weight excluding hydrogens is 402 g/mol. The van der Waals surface area contributed by atoms with Crippen LogP contribution in [-0.2, 0) is 40.0 Å². The van der Waals surface area contributed by atoms with Crippen LogP contribution in [0, 0.1) is 0 Å². The van der Waals surface area contributed by atoms with Crippen LogP contribution >= 0.6 is 0 Å². The van der Waals surface area contributed by atoms with E-state index in [0.29, 0.717) is 0 Å². The van der Waals surface area contributed by atoms with Crippen molar-refractivity contribution in [3.05, 3.63) is 35.9 Å². The second kappa shape index (κ2) is 11.5. The van der Waals surface area contributed by atoms with Crippen molar-refractivity contribution in [3.63, 3.8) is 0 Å². The van der Waals surface area contributed by atoms with Gasteiger partial charge in [-0.1, -0.05) is 30.3 Å². The molecule has 1 N–H and O–H groups in total. The van der Waals surface area contributed by atoms with Crippen LogP contribution in [0.2, 0.25) is 0 Å². The van der Waals surface area contributed by atoms with Crippen molar-refractivity contribution in [2.45, 2.75) is 84.7 Å². The Labute approximate surface area is 183 Å². The molecule has 0 heterocycles. The summed E-state index contributed by atoms with van der Waals surface area (Å²) in [5.74, 6) is -2.82. The molecule has 0 aromatic heterocycles. The Hall–Kier alpha value is -2.90. The highest BCUT2D eigenvalue weighted by molar-refractivity contribution is 6.02. The molecule has 0 bridgehead atoms. The van der Waals surface area contributed by atoms with Gasteiger partial charge in [-0.05, 0) is 53.5 Å². The molecule has 0 unspecified atom stereocenters. The summed E-state index contributed by atoms with van der Waals surface area (Å²) in [6.07, 6.45) is 0.168. The Morgan fingerprint density at radius 3 is 1.84 bits per heavy atom. The Kier molecular flexibility index (Phi) is 9.68. The molecule has 0 aliphatic carbocycles. The number of amides is 1. The van der Waals surface area contributed by atoms with Gasteiger partial charge in [-0.3, -0.25) is 9.59 Å². The van der Waals surface area contributed by atoms with Crippen LogP contribution < -0.4 is 5.32 Å². The lowest BCUT2D eigenvalue weighted by atomic mass is 10.1. The number of hydrogen-bond acceptors (Lipinski definition) is 7. The van der Waals surface area contributed by atoms with Crippen LogP contribution in [0.5, 0.6) is 0 Å². The van der Waals surface area contributed by atoms with E-state index in [0.717, 1.165) is 5.56 Å². The fourth-order valence-electron chi connectivity index (χ4n) is 2.37. The zero-order chi connectivity index (χ0) is 23.7. The van der Waals surface area contributed by atoms with E-state index in [1.54, 1.807) is 41.5 Å². The lowest BCUT2D eigenvalue weighted by Gasteiger charge is -2.26. The van der Waals surface area contributed by atoms with E-state index in [2.05, 4.69) is 5.32 Å². The molecule has 1 rings (SSSR count). The molecule has 1 aromatic rings. The lowest BCUT2D eigenvalue weighted by molar-refractivity contribution is -0.171. The van der Waals surface area contributed by atoms with Gasteiger partial charge in [-0.25, -0.2) is 9.59 Å². The number of esters is 3. The predicted molar refractivity (Wildman–Crippen MR) is 114 cm³/mol. The smallest absolute Gasteiger partial charge is 0.340 e. The van der Waals surface area contributed by atoms with Crippen molar-refractivity contribution >= 4 is 23.8 Å². The third kappa shape index (κ3) is 11.8. The fourth-order valence-corrected chi connectivity index (χ4v) is 2.37. The molecule has 31 heavy (non-hydrogen) atoms. The fraction of sp³-hybridized carbons (Fsp3) is 0.565. The summed E-state index contributed by atoms with van der Waals surface area (Å²) in [5, 5.41) is 2.35. The second-order valence-corrected chi connectivity index (χ2v) is 9.07. The molecule has 0 radical (unpaired) electrons. The molecule has 1 amide bonds. The van der Waals surface area contributed by atoms with E-state index in [-0.39, 0.29) is 25.9 Å². The molecule has 0 saturated carbocycles. The summed E-state index contributed by atoms with van der Waals surface area (Å²) in [6, 6.07) is 7.66. The van der Waals surface area contributed by atoms with Crippen LogP contribution in [0.4, 0.5) is 0 Å². The summed E-state index contributed by atoms with van der Waals surface area (Å²) < 4.78 is 15.6. The largest absolute Gasteiger partial charge is 0.461 e. The Balaban J connectivity index is 2.56. The zero-order valence-corrected chi connectivity index (χ0v) is 19.2. The summed E-state index contributed by atoms with van der Waals surface area (Å²) >= 11 is 0. The molecule has 0 fully saturated rings. The molecule has 0 aliphatic heterocycles. The van der Waals surface area contributed by atoms with Gasteiger partial charge in [0.05, 0.1) is 0 Å². The quantitative estimate of drug-likeness (QED) is 0.361. The first-order valence-corrected chi connectivity index (χ1v) is 10.2. The summed E-state index contributed by atoms with van der Waals surface area (Å²) in [4.78, 5) is 48.9. The van der Waals surface area contributed by atoms with E-state index < -0.39 is 41.1 Å². The lowest BCUT2D eigenvalue weighted by Crippen LogP contribution is -2.51. The molecule has 172 valence electrons. The van der Waals surface area contributed by atoms with Gasteiger partial charge in [0.2, 0.25) is 11.9 Å². The van der Waals surface area contributed by atoms with Crippen molar-refractivity contribution < 1.29 is 33.4 Å². The first-order valence-electron chi connectivity index (χ1n) is 10.2. The summed E-state index contributed by atoms with van der Waals surface area (Å²) in [5.41, 5.74) is -0.819. The minimum atomic E-state index is -1.59. The van der Waals surface area contributed by atoms with Crippen LogP contribution in [0.1, 0.15) is 66.4 Å². The van der Waals surface area contributed by atoms with Crippen molar-refractivity contribution in [2.24, 2.45) is 0 Å². The monoisotopic (exact) mass is 435 g/mol. The Morgan fingerprint density at radius 2 is 1.35 bits per heavy atom. The highest BCUT2D eigenvalue weighted by Crippen LogP contribution is 2.13. The number of rotatable bonds is 9. The molecule has 1 aromatic carbocycles. The normalized spacial score (nSPS) is 11.6. The van der Waals surface area contributed by atoms with Gasteiger partial charge >= 0.3 is 17.9 Å².